The molecule has 1 aromatic heterocycles. The van der Waals surface area contributed by atoms with Gasteiger partial charge in [-0.15, -0.1) is 0 Å². The Balaban J connectivity index is 1.54. The second kappa shape index (κ2) is 10.9. The van der Waals surface area contributed by atoms with Crippen LogP contribution < -0.4 is 5.32 Å². The lowest BCUT2D eigenvalue weighted by molar-refractivity contribution is -0.184. The summed E-state index contributed by atoms with van der Waals surface area (Å²) in [5.41, 5.74) is -6.11. The van der Waals surface area contributed by atoms with Gasteiger partial charge in [0.15, 0.2) is 23.3 Å². The number of alkyl halides is 6. The molecule has 0 spiro atoms. The van der Waals surface area contributed by atoms with Crippen LogP contribution in [0.4, 0.5) is 40.8 Å². The molecule has 2 aromatic carbocycles. The molecule has 1 N–H and O–H groups in total. The standard InChI is InChI=1S/C28H21F8N5O3/c1-26-8-3-9-41(26)40(12-14-4-2-5-17(29)22(14)30)25(44)21(23(26)42)24(43)39-18-7-6-15(27(31,32)33)10-16(18)19-11-20(28(34,35)36)38-13-37-19/h2,4-7,10-11,13,21H,3,8-9,12H2,1H3,(H,39,43)/t21?,26-/m1/s1. The second-order valence-corrected chi connectivity index (χ2v) is 10.4. The van der Waals surface area contributed by atoms with Crippen LogP contribution >= 0.6 is 0 Å². The maximum Gasteiger partial charge on any atom is 0.433 e. The van der Waals surface area contributed by atoms with Gasteiger partial charge in [-0.2, -0.15) is 26.3 Å². The third-order valence-corrected chi connectivity index (χ3v) is 7.64. The lowest BCUT2D eigenvalue weighted by Crippen LogP contribution is -2.68. The molecule has 3 aromatic rings. The Morgan fingerprint density at radius 2 is 1.75 bits per heavy atom. The van der Waals surface area contributed by atoms with E-state index in [0.717, 1.165) is 17.1 Å². The number of nitrogens with one attached hydrogen (secondary N) is 1. The number of carbonyl (C=O) groups excluding carboxylic acids is 3. The number of hydrazine groups is 1. The molecule has 0 saturated carbocycles. The number of hydrogen-bond donors (Lipinski definition) is 1. The number of aromatic nitrogens is 2. The van der Waals surface area contributed by atoms with E-state index < -0.39 is 87.8 Å². The fourth-order valence-electron chi connectivity index (χ4n) is 5.41. The molecule has 2 amide bonds. The summed E-state index contributed by atoms with van der Waals surface area (Å²) in [5.74, 6) is -7.74. The molecule has 3 heterocycles. The van der Waals surface area contributed by atoms with E-state index in [1.54, 1.807) is 0 Å². The first kappa shape index (κ1) is 31.0. The van der Waals surface area contributed by atoms with Crippen LogP contribution in [0.15, 0.2) is 48.8 Å². The van der Waals surface area contributed by atoms with Gasteiger partial charge in [0.05, 0.1) is 29.0 Å². The van der Waals surface area contributed by atoms with Crippen molar-refractivity contribution in [3.8, 4) is 11.3 Å². The third kappa shape index (κ3) is 5.49. The number of anilines is 1. The number of ketones is 1. The number of amides is 2. The monoisotopic (exact) mass is 627 g/mol. The van der Waals surface area contributed by atoms with Gasteiger partial charge in [0.1, 0.15) is 12.0 Å². The van der Waals surface area contributed by atoms with E-state index in [1.165, 1.54) is 24.1 Å². The number of fused-ring (bicyclic) bond motifs is 1. The molecule has 2 aliphatic rings. The summed E-state index contributed by atoms with van der Waals surface area (Å²) in [6, 6.07) is 5.45. The molecule has 2 aliphatic heterocycles. The van der Waals surface area contributed by atoms with Gasteiger partial charge >= 0.3 is 12.4 Å². The molecule has 0 radical (unpaired) electrons. The molecule has 2 fully saturated rings. The molecule has 2 atom stereocenters. The number of rotatable bonds is 5. The van der Waals surface area contributed by atoms with E-state index in [1.807, 2.05) is 0 Å². The highest BCUT2D eigenvalue weighted by molar-refractivity contribution is 6.24. The molecule has 0 aliphatic carbocycles. The van der Waals surface area contributed by atoms with E-state index in [0.29, 0.717) is 30.9 Å². The first-order valence-electron chi connectivity index (χ1n) is 13.0. The van der Waals surface area contributed by atoms with Crippen molar-refractivity contribution < 1.29 is 49.5 Å². The number of benzene rings is 2. The fourth-order valence-corrected chi connectivity index (χ4v) is 5.41. The highest BCUT2D eigenvalue weighted by Gasteiger charge is 2.58. The van der Waals surface area contributed by atoms with Crippen molar-refractivity contribution in [1.29, 1.82) is 0 Å². The van der Waals surface area contributed by atoms with Gasteiger partial charge in [0, 0.05) is 17.7 Å². The van der Waals surface area contributed by atoms with E-state index in [2.05, 4.69) is 15.3 Å². The average molecular weight is 627 g/mol. The van der Waals surface area contributed by atoms with Crippen molar-refractivity contribution in [2.75, 3.05) is 11.9 Å². The maximum absolute atomic E-state index is 14.5. The van der Waals surface area contributed by atoms with Crippen LogP contribution in [0.2, 0.25) is 0 Å². The fraction of sp³-hybridized carbons (Fsp3) is 0.321. The zero-order valence-electron chi connectivity index (χ0n) is 22.6. The number of Topliss-reactive ketones (excluding diaryl/α,β-unsaturated/α-hetero) is 1. The molecule has 232 valence electrons. The topological polar surface area (TPSA) is 95.5 Å². The molecular formula is C28H21F8N5O3. The Hall–Kier alpha value is -4.47. The molecular weight excluding hydrogens is 606 g/mol. The normalized spacial score (nSPS) is 21.0. The van der Waals surface area contributed by atoms with Gasteiger partial charge in [-0.1, -0.05) is 12.1 Å². The SMILES string of the molecule is C[C@]12CCCN1N(Cc1cccc(F)c1F)C(=O)C(C(=O)Nc1ccc(C(F)(F)F)cc1-c1cc(C(F)(F)F)ncn1)C2=O. The van der Waals surface area contributed by atoms with Gasteiger partial charge in [-0.3, -0.25) is 19.4 Å². The van der Waals surface area contributed by atoms with E-state index >= 15 is 0 Å². The van der Waals surface area contributed by atoms with Crippen molar-refractivity contribution in [2.45, 2.75) is 44.2 Å². The zero-order chi connectivity index (χ0) is 32.2. The number of nitrogens with zero attached hydrogens (tertiary/aromatic N) is 4. The molecule has 8 nitrogen and oxygen atoms in total. The van der Waals surface area contributed by atoms with Crippen molar-refractivity contribution in [3.05, 3.63) is 77.2 Å². The van der Waals surface area contributed by atoms with Gasteiger partial charge in [0.2, 0.25) is 5.91 Å². The predicted octanol–water partition coefficient (Wildman–Crippen LogP) is 5.40. The molecule has 2 saturated heterocycles. The van der Waals surface area contributed by atoms with Crippen LogP contribution in [0, 0.1) is 17.6 Å². The Kier molecular flexibility index (Phi) is 7.68. The molecule has 16 heteroatoms. The van der Waals surface area contributed by atoms with Crippen molar-refractivity contribution in [3.63, 3.8) is 0 Å². The quantitative estimate of drug-likeness (QED) is 0.301. The molecule has 44 heavy (non-hydrogen) atoms. The highest BCUT2D eigenvalue weighted by Crippen LogP contribution is 2.41. The van der Waals surface area contributed by atoms with Crippen molar-refractivity contribution >= 4 is 23.3 Å². The molecule has 1 unspecified atom stereocenters. The summed E-state index contributed by atoms with van der Waals surface area (Å²) >= 11 is 0. The Bertz CT molecular complexity index is 1660. The summed E-state index contributed by atoms with van der Waals surface area (Å²) in [6.07, 6.45) is -8.82. The van der Waals surface area contributed by atoms with Crippen LogP contribution in [0.1, 0.15) is 36.6 Å². The van der Waals surface area contributed by atoms with Crippen molar-refractivity contribution in [2.24, 2.45) is 5.92 Å². The summed E-state index contributed by atoms with van der Waals surface area (Å²) in [5, 5.41) is 4.54. The lowest BCUT2D eigenvalue weighted by atomic mass is 9.82. The highest BCUT2D eigenvalue weighted by atomic mass is 19.4. The lowest BCUT2D eigenvalue weighted by Gasteiger charge is -2.47. The van der Waals surface area contributed by atoms with Gasteiger partial charge in [0.25, 0.3) is 5.91 Å². The number of carbonyl (C=O) groups is 3. The summed E-state index contributed by atoms with van der Waals surface area (Å²) < 4.78 is 109. The van der Waals surface area contributed by atoms with Gasteiger partial charge in [-0.25, -0.2) is 23.8 Å². The maximum atomic E-state index is 14.5. The van der Waals surface area contributed by atoms with E-state index in [-0.39, 0.29) is 18.5 Å². The average Bonchev–Trinajstić information content (AvgIpc) is 3.35. The minimum Gasteiger partial charge on any atom is -0.324 e. The summed E-state index contributed by atoms with van der Waals surface area (Å²) in [7, 11) is 0. The van der Waals surface area contributed by atoms with Crippen molar-refractivity contribution in [1.82, 2.24) is 20.0 Å². The molecule has 5 rings (SSSR count). The minimum atomic E-state index is -4.98. The van der Waals surface area contributed by atoms with Crippen LogP contribution in [-0.2, 0) is 33.3 Å². The first-order valence-corrected chi connectivity index (χ1v) is 13.0. The van der Waals surface area contributed by atoms with Gasteiger partial charge in [-0.05, 0) is 50.1 Å². The summed E-state index contributed by atoms with van der Waals surface area (Å²) in [6.45, 7) is 1.10. The number of hydrogen-bond acceptors (Lipinski definition) is 6. The predicted molar refractivity (Wildman–Crippen MR) is 136 cm³/mol. The van der Waals surface area contributed by atoms with Crippen LogP contribution in [-0.4, -0.2) is 49.7 Å². The van der Waals surface area contributed by atoms with Gasteiger partial charge < -0.3 is 5.32 Å². The Morgan fingerprint density at radius 1 is 1.02 bits per heavy atom. The Labute approximate surface area is 243 Å². The molecule has 0 bridgehead atoms. The summed E-state index contributed by atoms with van der Waals surface area (Å²) in [4.78, 5) is 47.5. The zero-order valence-corrected chi connectivity index (χ0v) is 22.6. The van der Waals surface area contributed by atoms with E-state index in [4.69, 9.17) is 0 Å². The van der Waals surface area contributed by atoms with Crippen LogP contribution in [0.5, 0.6) is 0 Å². The van der Waals surface area contributed by atoms with Crippen LogP contribution in [0.25, 0.3) is 11.3 Å². The van der Waals surface area contributed by atoms with E-state index in [9.17, 15) is 49.5 Å². The minimum absolute atomic E-state index is 0.178. The number of halogens is 8. The van der Waals surface area contributed by atoms with Crippen LogP contribution in [0.3, 0.4) is 0 Å². The third-order valence-electron chi connectivity index (χ3n) is 7.64. The second-order valence-electron chi connectivity index (χ2n) is 10.4. The first-order chi connectivity index (χ1) is 20.5. The largest absolute Gasteiger partial charge is 0.433 e. The Morgan fingerprint density at radius 3 is 2.43 bits per heavy atom. The smallest absolute Gasteiger partial charge is 0.324 e.